The van der Waals surface area contributed by atoms with Gasteiger partial charge in [0.05, 0.1) is 17.0 Å². The Bertz CT molecular complexity index is 177. The zero-order chi connectivity index (χ0) is 9.97. The highest BCUT2D eigenvalue weighted by atomic mass is 29.6. The molecule has 0 N–H and O–H groups in total. The minimum Gasteiger partial charge on any atom is -0.428 e. The zero-order valence-corrected chi connectivity index (χ0v) is 13.5. The van der Waals surface area contributed by atoms with Gasteiger partial charge in [0.25, 0.3) is 0 Å². The molecule has 0 radical (unpaired) electrons. The zero-order valence-electron chi connectivity index (χ0n) is 9.54. The van der Waals surface area contributed by atoms with Gasteiger partial charge in [-0.3, -0.25) is 0 Å². The van der Waals surface area contributed by atoms with Gasteiger partial charge in [0.15, 0.2) is 0 Å². The Balaban J connectivity index is 1.97. The molecule has 5 heteroatoms. The van der Waals surface area contributed by atoms with Crippen LogP contribution in [0.2, 0.25) is 6.04 Å². The monoisotopic (exact) mass is 245 g/mol. The van der Waals surface area contributed by atoms with Crippen molar-refractivity contribution in [1.82, 2.24) is 4.57 Å². The van der Waals surface area contributed by atoms with E-state index in [0.29, 0.717) is 8.55 Å². The van der Waals surface area contributed by atoms with Crippen molar-refractivity contribution in [2.24, 2.45) is 0 Å². The normalized spacial score (nSPS) is 44.6. The summed E-state index contributed by atoms with van der Waals surface area (Å²) in [6, 6.07) is 3.30. The molecule has 3 atom stereocenters. The summed E-state index contributed by atoms with van der Waals surface area (Å²) < 4.78 is 8.66. The van der Waals surface area contributed by atoms with E-state index in [9.17, 15) is 0 Å². The van der Waals surface area contributed by atoms with Gasteiger partial charge < -0.3 is 8.99 Å². The molecular weight excluding hydrogens is 222 g/mol. The van der Waals surface area contributed by atoms with Crippen LogP contribution in [0.25, 0.3) is 0 Å². The Labute approximate surface area is 93.4 Å². The van der Waals surface area contributed by atoms with Crippen LogP contribution < -0.4 is 0 Å². The van der Waals surface area contributed by atoms with Gasteiger partial charge in [0, 0.05) is 18.7 Å². The maximum Gasteiger partial charge on any atom is 0.142 e. The van der Waals surface area contributed by atoms with Crippen LogP contribution in [-0.4, -0.2) is 49.6 Å². The number of rotatable bonds is 1. The molecule has 0 aromatic carbocycles. The van der Waals surface area contributed by atoms with E-state index in [-0.39, 0.29) is 9.28 Å². The van der Waals surface area contributed by atoms with Crippen LogP contribution in [0.4, 0.5) is 0 Å². The molecule has 0 saturated carbocycles. The van der Waals surface area contributed by atoms with Crippen molar-refractivity contribution in [3.8, 4) is 0 Å². The number of hydrogen-bond acceptors (Lipinski definition) is 2. The molecule has 2 heterocycles. The van der Waals surface area contributed by atoms with Crippen LogP contribution in [0.5, 0.6) is 0 Å². The van der Waals surface area contributed by atoms with Gasteiger partial charge in [-0.05, 0) is 18.9 Å². The predicted octanol–water partition coefficient (Wildman–Crippen LogP) is -0.332. The summed E-state index contributed by atoms with van der Waals surface area (Å²) in [7, 11) is -0.0891. The van der Waals surface area contributed by atoms with Gasteiger partial charge in [-0.25, -0.2) is 0 Å². The first-order chi connectivity index (χ1) is 6.79. The molecule has 0 aromatic rings. The summed E-state index contributed by atoms with van der Waals surface area (Å²) >= 11 is 0. The third-order valence-corrected chi connectivity index (χ3v) is 22.3. The Kier molecular flexibility index (Phi) is 4.01. The Morgan fingerprint density at radius 1 is 1.29 bits per heavy atom. The summed E-state index contributed by atoms with van der Waals surface area (Å²) in [6.45, 7) is 6.06. The van der Waals surface area contributed by atoms with E-state index in [1.165, 1.54) is 25.3 Å². The van der Waals surface area contributed by atoms with Crippen molar-refractivity contribution in [3.63, 3.8) is 0 Å². The molecule has 2 nitrogen and oxygen atoms in total. The molecule has 0 amide bonds. The molecule has 2 fully saturated rings. The SMILES string of the molecule is CC1CCCC(C)N1[SiH]1CCO[SiH2][SiH2]1. The second-order valence-electron chi connectivity index (χ2n) is 4.92. The van der Waals surface area contributed by atoms with Gasteiger partial charge in [-0.2, -0.15) is 0 Å². The van der Waals surface area contributed by atoms with Gasteiger partial charge in [-0.1, -0.05) is 20.3 Å². The molecule has 0 aliphatic carbocycles. The summed E-state index contributed by atoms with van der Waals surface area (Å²) in [5.41, 5.74) is 0. The second-order valence-corrected chi connectivity index (χ2v) is 19.8. The van der Waals surface area contributed by atoms with Crippen LogP contribution >= 0.6 is 0 Å². The molecule has 14 heavy (non-hydrogen) atoms. The van der Waals surface area contributed by atoms with E-state index in [1.54, 1.807) is 0 Å². The Morgan fingerprint density at radius 2 is 2.00 bits per heavy atom. The highest BCUT2D eigenvalue weighted by Crippen LogP contribution is 2.24. The quantitative estimate of drug-likeness (QED) is 0.587. The van der Waals surface area contributed by atoms with Crippen molar-refractivity contribution >= 4 is 26.3 Å². The van der Waals surface area contributed by atoms with E-state index < -0.39 is 8.48 Å². The molecule has 0 aromatic heterocycles. The molecule has 2 saturated heterocycles. The van der Waals surface area contributed by atoms with Crippen molar-refractivity contribution in [3.05, 3.63) is 0 Å². The first-order valence-electron chi connectivity index (χ1n) is 6.14. The Hall–Kier alpha value is 0.571. The first kappa shape index (κ1) is 11.1. The lowest BCUT2D eigenvalue weighted by molar-refractivity contribution is 0.200. The largest absolute Gasteiger partial charge is 0.428 e. The van der Waals surface area contributed by atoms with E-state index in [4.69, 9.17) is 4.43 Å². The van der Waals surface area contributed by atoms with Crippen LogP contribution in [0, 0.1) is 0 Å². The fraction of sp³-hybridized carbons (Fsp3) is 1.00. The molecule has 2 rings (SSSR count). The molecule has 2 aliphatic rings. The summed E-state index contributed by atoms with van der Waals surface area (Å²) in [6.07, 6.45) is 4.39. The molecule has 3 unspecified atom stereocenters. The lowest BCUT2D eigenvalue weighted by Gasteiger charge is -2.45. The average Bonchev–Trinajstić information content (AvgIpc) is 2.19. The summed E-state index contributed by atoms with van der Waals surface area (Å²) in [5.74, 6) is 0. The minimum atomic E-state index is -0.414. The maximum atomic E-state index is 5.67. The van der Waals surface area contributed by atoms with Crippen molar-refractivity contribution in [2.75, 3.05) is 6.61 Å². The first-order valence-corrected chi connectivity index (χ1v) is 15.3. The number of nitrogens with zero attached hydrogens (tertiary/aromatic N) is 1. The van der Waals surface area contributed by atoms with Crippen molar-refractivity contribution in [1.29, 1.82) is 0 Å². The maximum absolute atomic E-state index is 5.67. The van der Waals surface area contributed by atoms with Gasteiger partial charge in [0.2, 0.25) is 0 Å². The minimum absolute atomic E-state index is 0.0297. The molecule has 0 spiro atoms. The topological polar surface area (TPSA) is 12.5 Å². The lowest BCUT2D eigenvalue weighted by atomic mass is 10.0. The fourth-order valence-corrected chi connectivity index (χ4v) is 22.9. The third-order valence-electron chi connectivity index (χ3n) is 3.87. The Morgan fingerprint density at radius 3 is 2.57 bits per heavy atom. The van der Waals surface area contributed by atoms with Gasteiger partial charge >= 0.3 is 0 Å². The predicted molar refractivity (Wildman–Crippen MR) is 69.6 cm³/mol. The molecule has 2 aliphatic heterocycles. The number of hydrogen-bond donors (Lipinski definition) is 0. The van der Waals surface area contributed by atoms with Crippen LogP contribution in [-0.2, 0) is 4.43 Å². The van der Waals surface area contributed by atoms with Crippen molar-refractivity contribution in [2.45, 2.75) is 51.2 Å². The molecular formula is C9H23NOSi3. The standard InChI is InChI=1S/C9H23NOSi3/c1-8-4-3-5-9(2)10(8)14-7-6-11-12-13-14/h8-9,14H,3-7,12-13H2,1-2H3. The lowest BCUT2D eigenvalue weighted by Crippen LogP contribution is -2.58. The summed E-state index contributed by atoms with van der Waals surface area (Å²) in [5, 5.41) is 0. The van der Waals surface area contributed by atoms with Crippen molar-refractivity contribution < 1.29 is 4.43 Å². The number of piperidine rings is 1. The highest BCUT2D eigenvalue weighted by molar-refractivity contribution is 7.34. The van der Waals surface area contributed by atoms with Crippen LogP contribution in [0.1, 0.15) is 33.1 Å². The van der Waals surface area contributed by atoms with Crippen LogP contribution in [0.3, 0.4) is 0 Å². The van der Waals surface area contributed by atoms with E-state index >= 15 is 0 Å². The van der Waals surface area contributed by atoms with Crippen LogP contribution in [0.15, 0.2) is 0 Å². The summed E-state index contributed by atoms with van der Waals surface area (Å²) in [4.78, 5) is 0. The highest BCUT2D eigenvalue weighted by Gasteiger charge is 2.32. The average molecular weight is 246 g/mol. The van der Waals surface area contributed by atoms with E-state index in [2.05, 4.69) is 18.4 Å². The molecule has 82 valence electrons. The smallest absolute Gasteiger partial charge is 0.142 e. The fourth-order valence-electron chi connectivity index (χ4n) is 3.14. The van der Waals surface area contributed by atoms with E-state index in [0.717, 1.165) is 18.7 Å². The van der Waals surface area contributed by atoms with Gasteiger partial charge in [0.1, 0.15) is 9.28 Å². The third kappa shape index (κ3) is 2.38. The second kappa shape index (κ2) is 5.07. The van der Waals surface area contributed by atoms with E-state index in [1.807, 2.05) is 0 Å². The molecule has 0 bridgehead atoms. The van der Waals surface area contributed by atoms with Gasteiger partial charge in [-0.15, -0.1) is 0 Å².